The summed E-state index contributed by atoms with van der Waals surface area (Å²) < 4.78 is 28.4. The van der Waals surface area contributed by atoms with Gasteiger partial charge < -0.3 is 4.74 Å². The van der Waals surface area contributed by atoms with Crippen LogP contribution in [-0.2, 0) is 5.75 Å². The predicted molar refractivity (Wildman–Crippen MR) is 66.9 cm³/mol. The minimum atomic E-state index is -2.81. The summed E-state index contributed by atoms with van der Waals surface area (Å²) in [6.45, 7) is -2.81. The molecule has 94 valence electrons. The molecule has 0 spiro atoms. The third kappa shape index (κ3) is 4.00. The number of alkyl halides is 2. The minimum Gasteiger partial charge on any atom is -0.435 e. The van der Waals surface area contributed by atoms with Gasteiger partial charge in [-0.2, -0.15) is 8.78 Å². The summed E-state index contributed by atoms with van der Waals surface area (Å²) in [5.41, 5.74) is 1.16. The van der Waals surface area contributed by atoms with Gasteiger partial charge in [-0.15, -0.1) is 11.8 Å². The summed E-state index contributed by atoms with van der Waals surface area (Å²) in [5.74, 6) is 0.877. The normalized spacial score (nSPS) is 10.6. The highest BCUT2D eigenvalue weighted by atomic mass is 32.2. The molecule has 18 heavy (non-hydrogen) atoms. The molecule has 0 atom stereocenters. The van der Waals surface area contributed by atoms with Crippen molar-refractivity contribution in [3.8, 4) is 5.75 Å². The molecule has 0 amide bonds. The van der Waals surface area contributed by atoms with E-state index in [1.807, 2.05) is 30.3 Å². The van der Waals surface area contributed by atoms with Gasteiger partial charge in [-0.05, 0) is 11.6 Å². The van der Waals surface area contributed by atoms with Gasteiger partial charge in [0.1, 0.15) is 5.75 Å². The number of hydrogen-bond acceptors (Lipinski definition) is 3. The molecule has 0 fully saturated rings. The number of rotatable bonds is 5. The number of halogens is 2. The molecule has 0 saturated heterocycles. The average Bonchev–Trinajstić information content (AvgIpc) is 2.37. The Morgan fingerprint density at radius 2 is 1.94 bits per heavy atom. The summed E-state index contributed by atoms with van der Waals surface area (Å²) in [7, 11) is 0. The van der Waals surface area contributed by atoms with Crippen molar-refractivity contribution < 1.29 is 13.5 Å². The third-order valence-corrected chi connectivity index (χ3v) is 3.16. The molecule has 0 N–H and O–H groups in total. The number of benzene rings is 1. The van der Waals surface area contributed by atoms with Crippen LogP contribution in [0.2, 0.25) is 0 Å². The molecule has 2 rings (SSSR count). The van der Waals surface area contributed by atoms with Crippen LogP contribution in [0.3, 0.4) is 0 Å². The fraction of sp³-hybridized carbons (Fsp3) is 0.154. The van der Waals surface area contributed by atoms with E-state index < -0.39 is 6.61 Å². The van der Waals surface area contributed by atoms with E-state index in [0.29, 0.717) is 5.03 Å². The molecular formula is C13H11F2NOS. The molecule has 2 aromatic rings. The molecule has 1 aromatic carbocycles. The van der Waals surface area contributed by atoms with Crippen molar-refractivity contribution in [3.63, 3.8) is 0 Å². The predicted octanol–water partition coefficient (Wildman–Crippen LogP) is 3.98. The van der Waals surface area contributed by atoms with Crippen molar-refractivity contribution in [1.29, 1.82) is 0 Å². The second kappa shape index (κ2) is 6.35. The average molecular weight is 267 g/mol. The first kappa shape index (κ1) is 12.8. The summed E-state index contributed by atoms with van der Waals surface area (Å²) in [5, 5.41) is 0.664. The lowest BCUT2D eigenvalue weighted by atomic mass is 10.2. The Balaban J connectivity index is 1.97. The van der Waals surface area contributed by atoms with Gasteiger partial charge in [0.25, 0.3) is 0 Å². The molecule has 0 bridgehead atoms. The van der Waals surface area contributed by atoms with Gasteiger partial charge in [-0.25, -0.2) is 4.98 Å². The second-order valence-corrected chi connectivity index (χ2v) is 4.48. The minimum absolute atomic E-state index is 0.135. The quantitative estimate of drug-likeness (QED) is 0.765. The Morgan fingerprint density at radius 3 is 2.67 bits per heavy atom. The van der Waals surface area contributed by atoms with Crippen molar-refractivity contribution in [2.24, 2.45) is 0 Å². The summed E-state index contributed by atoms with van der Waals surface area (Å²) in [6, 6.07) is 12.8. The van der Waals surface area contributed by atoms with Gasteiger partial charge in [0.15, 0.2) is 0 Å². The van der Waals surface area contributed by atoms with Gasteiger partial charge in [0.05, 0.1) is 5.03 Å². The Labute approximate surface area is 108 Å². The van der Waals surface area contributed by atoms with Gasteiger partial charge in [-0.3, -0.25) is 0 Å². The van der Waals surface area contributed by atoms with Crippen molar-refractivity contribution in [2.75, 3.05) is 0 Å². The molecule has 0 saturated carbocycles. The van der Waals surface area contributed by atoms with E-state index in [-0.39, 0.29) is 5.75 Å². The van der Waals surface area contributed by atoms with E-state index in [2.05, 4.69) is 9.72 Å². The lowest BCUT2D eigenvalue weighted by molar-refractivity contribution is -0.0500. The smallest absolute Gasteiger partial charge is 0.387 e. The molecule has 0 aliphatic carbocycles. The van der Waals surface area contributed by atoms with E-state index in [1.165, 1.54) is 30.1 Å². The lowest BCUT2D eigenvalue weighted by Gasteiger charge is -2.05. The van der Waals surface area contributed by atoms with Crippen LogP contribution in [0, 0.1) is 0 Å². The number of aromatic nitrogens is 1. The highest BCUT2D eigenvalue weighted by molar-refractivity contribution is 7.98. The third-order valence-electron chi connectivity index (χ3n) is 2.16. The molecule has 0 unspecified atom stereocenters. The molecule has 0 aliphatic rings. The molecule has 5 heteroatoms. The maximum Gasteiger partial charge on any atom is 0.387 e. The molecule has 1 heterocycles. The maximum absolute atomic E-state index is 12.1. The monoisotopic (exact) mass is 267 g/mol. The topological polar surface area (TPSA) is 22.1 Å². The lowest BCUT2D eigenvalue weighted by Crippen LogP contribution is -2.01. The Bertz CT molecular complexity index is 493. The highest BCUT2D eigenvalue weighted by Crippen LogP contribution is 2.24. The summed E-state index contributed by atoms with van der Waals surface area (Å²) in [6.07, 6.45) is 1.46. The first-order chi connectivity index (χ1) is 8.74. The molecular weight excluding hydrogens is 256 g/mol. The fourth-order valence-corrected chi connectivity index (χ4v) is 2.22. The van der Waals surface area contributed by atoms with E-state index in [0.717, 1.165) is 11.3 Å². The maximum atomic E-state index is 12.1. The van der Waals surface area contributed by atoms with Crippen LogP contribution in [0.4, 0.5) is 8.78 Å². The van der Waals surface area contributed by atoms with Crippen LogP contribution in [0.5, 0.6) is 5.75 Å². The number of pyridine rings is 1. The first-order valence-corrected chi connectivity index (χ1v) is 6.30. The zero-order valence-corrected chi connectivity index (χ0v) is 10.2. The van der Waals surface area contributed by atoms with Crippen LogP contribution in [0.15, 0.2) is 53.7 Å². The van der Waals surface area contributed by atoms with Crippen molar-refractivity contribution in [1.82, 2.24) is 4.98 Å². The van der Waals surface area contributed by atoms with Crippen LogP contribution < -0.4 is 4.74 Å². The molecule has 0 radical (unpaired) electrons. The molecule has 1 aromatic heterocycles. The standard InChI is InChI=1S/C13H11F2NOS/c14-13(15)17-11-6-7-16-12(8-11)18-9-10-4-2-1-3-5-10/h1-8,13H,9H2. The Hall–Kier alpha value is -1.62. The van der Waals surface area contributed by atoms with Gasteiger partial charge in [0, 0.05) is 18.0 Å². The highest BCUT2D eigenvalue weighted by Gasteiger charge is 2.05. The van der Waals surface area contributed by atoms with Crippen LogP contribution >= 0.6 is 11.8 Å². The molecule has 0 aliphatic heterocycles. The molecule has 2 nitrogen and oxygen atoms in total. The number of hydrogen-bond donors (Lipinski definition) is 0. The zero-order valence-electron chi connectivity index (χ0n) is 9.42. The zero-order chi connectivity index (χ0) is 12.8. The Morgan fingerprint density at radius 1 is 1.17 bits per heavy atom. The number of ether oxygens (including phenoxy) is 1. The van der Waals surface area contributed by atoms with Crippen LogP contribution in [0.25, 0.3) is 0 Å². The van der Waals surface area contributed by atoms with E-state index in [9.17, 15) is 8.78 Å². The van der Waals surface area contributed by atoms with Gasteiger partial charge in [-0.1, -0.05) is 30.3 Å². The van der Waals surface area contributed by atoms with Crippen LogP contribution in [-0.4, -0.2) is 11.6 Å². The van der Waals surface area contributed by atoms with Crippen molar-refractivity contribution in [2.45, 2.75) is 17.4 Å². The van der Waals surface area contributed by atoms with Crippen LogP contribution in [0.1, 0.15) is 5.56 Å². The number of thioether (sulfide) groups is 1. The first-order valence-electron chi connectivity index (χ1n) is 5.31. The van der Waals surface area contributed by atoms with E-state index in [4.69, 9.17) is 0 Å². The summed E-state index contributed by atoms with van der Waals surface area (Å²) in [4.78, 5) is 4.10. The van der Waals surface area contributed by atoms with E-state index in [1.54, 1.807) is 0 Å². The second-order valence-electron chi connectivity index (χ2n) is 3.48. The SMILES string of the molecule is FC(F)Oc1ccnc(SCc2ccccc2)c1. The van der Waals surface area contributed by atoms with Crippen molar-refractivity contribution >= 4 is 11.8 Å². The Kier molecular flexibility index (Phi) is 4.52. The largest absolute Gasteiger partial charge is 0.435 e. The summed E-state index contributed by atoms with van der Waals surface area (Å²) >= 11 is 1.48. The van der Waals surface area contributed by atoms with Gasteiger partial charge >= 0.3 is 6.61 Å². The van der Waals surface area contributed by atoms with Gasteiger partial charge in [0.2, 0.25) is 0 Å². The van der Waals surface area contributed by atoms with Crippen molar-refractivity contribution in [3.05, 3.63) is 54.2 Å². The fourth-order valence-electron chi connectivity index (χ4n) is 1.38. The van der Waals surface area contributed by atoms with E-state index >= 15 is 0 Å². The number of nitrogens with zero attached hydrogens (tertiary/aromatic N) is 1.